The van der Waals surface area contributed by atoms with Crippen molar-refractivity contribution in [2.24, 2.45) is 0 Å². The molecule has 7 heteroatoms. The van der Waals surface area contributed by atoms with Crippen molar-refractivity contribution < 1.29 is 14.5 Å². The van der Waals surface area contributed by atoms with Crippen molar-refractivity contribution in [2.45, 2.75) is 26.3 Å². The maximum Gasteiger partial charge on any atom is 0.293 e. The van der Waals surface area contributed by atoms with Crippen LogP contribution in [0.1, 0.15) is 40.9 Å². The van der Waals surface area contributed by atoms with Crippen molar-refractivity contribution in [3.63, 3.8) is 0 Å². The second kappa shape index (κ2) is 8.84. The maximum atomic E-state index is 12.7. The molecular weight excluding hydrogens is 358 g/mol. The molecule has 2 aromatic rings. The van der Waals surface area contributed by atoms with Gasteiger partial charge < -0.3 is 15.0 Å². The number of benzene rings is 2. The average Bonchev–Trinajstić information content (AvgIpc) is 2.72. The number of nitrogens with zero attached hydrogens (tertiary/aromatic N) is 2. The van der Waals surface area contributed by atoms with Crippen LogP contribution in [-0.4, -0.2) is 37.1 Å². The van der Waals surface area contributed by atoms with Crippen molar-refractivity contribution in [2.75, 3.05) is 31.2 Å². The molecule has 7 nitrogen and oxygen atoms in total. The number of morpholine rings is 1. The number of hydrogen-bond acceptors (Lipinski definition) is 5. The molecule has 1 aliphatic heterocycles. The lowest BCUT2D eigenvalue weighted by Gasteiger charge is -2.28. The number of anilines is 1. The lowest BCUT2D eigenvalue weighted by atomic mass is 10.0. The zero-order valence-electron chi connectivity index (χ0n) is 16.2. The number of hydrogen-bond donors (Lipinski definition) is 1. The molecule has 0 saturated carbocycles. The SMILES string of the molecule is CCC(NC(=O)c1ccc(N2CCOCC2)c([N+](=O)[O-])c1)c1ccc(C)cc1. The Hall–Kier alpha value is -2.93. The fourth-order valence-electron chi connectivity index (χ4n) is 3.34. The summed E-state index contributed by atoms with van der Waals surface area (Å²) >= 11 is 0. The van der Waals surface area contributed by atoms with Crippen molar-refractivity contribution in [3.05, 3.63) is 69.3 Å². The number of carbonyl (C=O) groups is 1. The van der Waals surface area contributed by atoms with Crippen LogP contribution in [0.25, 0.3) is 0 Å². The van der Waals surface area contributed by atoms with E-state index in [1.165, 1.54) is 6.07 Å². The van der Waals surface area contributed by atoms with Gasteiger partial charge in [0.1, 0.15) is 5.69 Å². The minimum Gasteiger partial charge on any atom is -0.378 e. The Kier molecular flexibility index (Phi) is 6.26. The monoisotopic (exact) mass is 383 g/mol. The minimum atomic E-state index is -0.432. The lowest BCUT2D eigenvalue weighted by Crippen LogP contribution is -2.36. The summed E-state index contributed by atoms with van der Waals surface area (Å²) in [6.07, 6.45) is 0.725. The minimum absolute atomic E-state index is 0.0575. The van der Waals surface area contributed by atoms with Gasteiger partial charge >= 0.3 is 0 Å². The van der Waals surface area contributed by atoms with E-state index in [4.69, 9.17) is 4.74 Å². The molecule has 3 rings (SSSR count). The second-order valence-corrected chi connectivity index (χ2v) is 6.91. The highest BCUT2D eigenvalue weighted by Gasteiger charge is 2.24. The third-order valence-electron chi connectivity index (χ3n) is 4.98. The van der Waals surface area contributed by atoms with Crippen LogP contribution in [0.4, 0.5) is 11.4 Å². The zero-order valence-corrected chi connectivity index (χ0v) is 16.2. The molecule has 0 radical (unpaired) electrons. The first-order valence-electron chi connectivity index (χ1n) is 9.48. The van der Waals surface area contributed by atoms with Crippen LogP contribution >= 0.6 is 0 Å². The fourth-order valence-corrected chi connectivity index (χ4v) is 3.34. The molecule has 0 aromatic heterocycles. The van der Waals surface area contributed by atoms with E-state index in [-0.39, 0.29) is 23.2 Å². The molecule has 1 atom stereocenters. The van der Waals surface area contributed by atoms with Gasteiger partial charge in [-0.15, -0.1) is 0 Å². The van der Waals surface area contributed by atoms with Crippen LogP contribution in [0.5, 0.6) is 0 Å². The molecule has 2 aromatic carbocycles. The summed E-state index contributed by atoms with van der Waals surface area (Å²) in [6.45, 7) is 6.27. The number of carbonyl (C=O) groups excluding carboxylic acids is 1. The Bertz CT molecular complexity index is 845. The number of rotatable bonds is 6. The van der Waals surface area contributed by atoms with E-state index in [0.717, 1.165) is 17.5 Å². The Morgan fingerprint density at radius 2 is 1.89 bits per heavy atom. The highest BCUT2D eigenvalue weighted by molar-refractivity contribution is 5.96. The Labute approximate surface area is 164 Å². The van der Waals surface area contributed by atoms with Gasteiger partial charge in [0.05, 0.1) is 24.2 Å². The summed E-state index contributed by atoms with van der Waals surface area (Å²) < 4.78 is 5.31. The third kappa shape index (κ3) is 4.48. The standard InChI is InChI=1S/C21H25N3O4/c1-3-18(16-6-4-15(2)5-7-16)22-21(25)17-8-9-19(20(14-17)24(26)27)23-10-12-28-13-11-23/h4-9,14,18H,3,10-13H2,1-2H3,(H,22,25). The van der Waals surface area contributed by atoms with Gasteiger partial charge in [0, 0.05) is 24.7 Å². The topological polar surface area (TPSA) is 84.7 Å². The summed E-state index contributed by atoms with van der Waals surface area (Å²) in [5.41, 5.74) is 2.92. The van der Waals surface area contributed by atoms with Crippen molar-refractivity contribution in [1.29, 1.82) is 0 Å². The first kappa shape index (κ1) is 19.8. The van der Waals surface area contributed by atoms with E-state index in [2.05, 4.69) is 5.32 Å². The van der Waals surface area contributed by atoms with E-state index in [1.807, 2.05) is 43.0 Å². The summed E-state index contributed by atoms with van der Waals surface area (Å²) in [7, 11) is 0. The van der Waals surface area contributed by atoms with Crippen molar-refractivity contribution >= 4 is 17.3 Å². The molecule has 1 heterocycles. The fraction of sp³-hybridized carbons (Fsp3) is 0.381. The van der Waals surface area contributed by atoms with Crippen molar-refractivity contribution in [1.82, 2.24) is 5.32 Å². The van der Waals surface area contributed by atoms with Gasteiger partial charge in [-0.2, -0.15) is 0 Å². The Morgan fingerprint density at radius 1 is 1.21 bits per heavy atom. The van der Waals surface area contributed by atoms with E-state index >= 15 is 0 Å². The molecule has 0 aliphatic carbocycles. The molecular formula is C21H25N3O4. The van der Waals surface area contributed by atoms with Gasteiger partial charge in [0.15, 0.2) is 0 Å². The molecule has 1 fully saturated rings. The van der Waals surface area contributed by atoms with Gasteiger partial charge in [-0.05, 0) is 31.0 Å². The first-order valence-corrected chi connectivity index (χ1v) is 9.48. The van der Waals surface area contributed by atoms with Gasteiger partial charge in [0.2, 0.25) is 0 Å². The number of aryl methyl sites for hydroxylation is 1. The molecule has 1 amide bonds. The molecule has 0 spiro atoms. The molecule has 1 unspecified atom stereocenters. The average molecular weight is 383 g/mol. The Balaban J connectivity index is 1.81. The summed E-state index contributed by atoms with van der Waals surface area (Å²) in [6, 6.07) is 12.5. The largest absolute Gasteiger partial charge is 0.378 e. The van der Waals surface area contributed by atoms with Crippen LogP contribution in [0.2, 0.25) is 0 Å². The molecule has 148 valence electrons. The van der Waals surface area contributed by atoms with E-state index in [0.29, 0.717) is 32.0 Å². The van der Waals surface area contributed by atoms with Crippen LogP contribution in [0, 0.1) is 17.0 Å². The smallest absolute Gasteiger partial charge is 0.293 e. The number of nitro benzene ring substituents is 1. The summed E-state index contributed by atoms with van der Waals surface area (Å²) in [5.74, 6) is -0.316. The summed E-state index contributed by atoms with van der Waals surface area (Å²) in [4.78, 5) is 25.8. The third-order valence-corrected chi connectivity index (χ3v) is 4.98. The normalized spacial score (nSPS) is 15.1. The number of amides is 1. The van der Waals surface area contributed by atoms with Gasteiger partial charge in [-0.3, -0.25) is 14.9 Å². The molecule has 28 heavy (non-hydrogen) atoms. The summed E-state index contributed by atoms with van der Waals surface area (Å²) in [5, 5.41) is 14.6. The van der Waals surface area contributed by atoms with E-state index in [9.17, 15) is 14.9 Å². The molecule has 1 aliphatic rings. The number of nitro groups is 1. The molecule has 0 bridgehead atoms. The first-order chi connectivity index (χ1) is 13.5. The zero-order chi connectivity index (χ0) is 20.1. The molecule has 1 N–H and O–H groups in total. The predicted molar refractivity (Wildman–Crippen MR) is 108 cm³/mol. The van der Waals surface area contributed by atoms with Gasteiger partial charge in [-0.25, -0.2) is 0 Å². The molecule has 1 saturated heterocycles. The van der Waals surface area contributed by atoms with Crippen LogP contribution in [0.3, 0.4) is 0 Å². The van der Waals surface area contributed by atoms with E-state index in [1.54, 1.807) is 12.1 Å². The Morgan fingerprint density at radius 3 is 2.50 bits per heavy atom. The van der Waals surface area contributed by atoms with Crippen LogP contribution in [0.15, 0.2) is 42.5 Å². The number of ether oxygens (including phenoxy) is 1. The van der Waals surface area contributed by atoms with E-state index < -0.39 is 4.92 Å². The van der Waals surface area contributed by atoms with Gasteiger partial charge in [-0.1, -0.05) is 36.8 Å². The second-order valence-electron chi connectivity index (χ2n) is 6.91. The maximum absolute atomic E-state index is 12.7. The predicted octanol–water partition coefficient (Wildman–Crippen LogP) is 3.62. The van der Waals surface area contributed by atoms with Crippen LogP contribution < -0.4 is 10.2 Å². The van der Waals surface area contributed by atoms with Crippen LogP contribution in [-0.2, 0) is 4.74 Å². The number of nitrogens with one attached hydrogen (secondary N) is 1. The van der Waals surface area contributed by atoms with Crippen molar-refractivity contribution in [3.8, 4) is 0 Å². The van der Waals surface area contributed by atoms with Gasteiger partial charge in [0.25, 0.3) is 11.6 Å². The quantitative estimate of drug-likeness (QED) is 0.608. The lowest BCUT2D eigenvalue weighted by molar-refractivity contribution is -0.384. The highest BCUT2D eigenvalue weighted by Crippen LogP contribution is 2.30. The highest BCUT2D eigenvalue weighted by atomic mass is 16.6.